The molecule has 0 unspecified atom stereocenters. The van der Waals surface area contributed by atoms with Gasteiger partial charge >= 0.3 is 12.1 Å². The lowest BCUT2D eigenvalue weighted by Gasteiger charge is -2.27. The van der Waals surface area contributed by atoms with E-state index in [0.717, 1.165) is 25.8 Å². The summed E-state index contributed by atoms with van der Waals surface area (Å²) in [6.07, 6.45) is 4.36. The molecule has 0 aromatic heterocycles. The number of likely N-dealkylation sites (tertiary alicyclic amines) is 2. The Kier molecular flexibility index (Phi) is 26.0. The van der Waals surface area contributed by atoms with E-state index in [1.165, 1.54) is 11.3 Å². The van der Waals surface area contributed by atoms with Crippen molar-refractivity contribution in [1.29, 1.82) is 0 Å². The number of halogens is 3. The van der Waals surface area contributed by atoms with Crippen LogP contribution in [-0.4, -0.2) is 80.6 Å². The molecule has 0 radical (unpaired) electrons. The van der Waals surface area contributed by atoms with Crippen molar-refractivity contribution < 1.29 is 45.6 Å². The fourth-order valence-corrected chi connectivity index (χ4v) is 5.77. The molecule has 3 rings (SSSR count). The van der Waals surface area contributed by atoms with Gasteiger partial charge in [-0.15, -0.1) is 0 Å². The van der Waals surface area contributed by atoms with Crippen LogP contribution in [0.2, 0.25) is 0 Å². The minimum Gasteiger partial charge on any atom is -1.00 e. The molecule has 3 fully saturated rings. The van der Waals surface area contributed by atoms with E-state index >= 15 is 0 Å². The van der Waals surface area contributed by atoms with Crippen molar-refractivity contribution in [2.75, 3.05) is 20.1 Å². The number of Topliss-reactive ketones (excluding diaryl/α,β-unsaturated/α-hetero) is 2. The zero-order chi connectivity index (χ0) is 33.4. The second-order valence-corrected chi connectivity index (χ2v) is 17.7. The second kappa shape index (κ2) is 21.9. The summed E-state index contributed by atoms with van der Waals surface area (Å²) in [5.74, 6) is 0.0834. The number of ketones is 2. The number of nitrogens with zero attached hydrogens (tertiary/aromatic N) is 2. The van der Waals surface area contributed by atoms with Crippen LogP contribution >= 0.6 is 21.4 Å². The van der Waals surface area contributed by atoms with Crippen molar-refractivity contribution in [3.63, 3.8) is 0 Å². The van der Waals surface area contributed by atoms with Crippen LogP contribution < -0.4 is 12.4 Å². The van der Waals surface area contributed by atoms with Gasteiger partial charge in [-0.25, -0.2) is 13.8 Å². The summed E-state index contributed by atoms with van der Waals surface area (Å²) in [5, 5.41) is 9.11. The highest BCUT2D eigenvalue weighted by Gasteiger charge is 2.45. The Labute approximate surface area is 299 Å². The van der Waals surface area contributed by atoms with Gasteiger partial charge in [-0.3, -0.25) is 19.4 Å². The van der Waals surface area contributed by atoms with Crippen LogP contribution in [0.15, 0.2) is 0 Å². The molecule has 1 N–H and O–H groups in total. The SMILES string of the molecule is C.C.C.CC(=O)[C@@H]1CC(C)(C)CN1C.CC(=O)[C@H]1CCC(C)(C)C1.CC1(C)C[C@@H](C(=O)O)N(C(=O)OC(C)(C)C)C1.O=S(Cl)Cl.[Cl-]. The fraction of sp³-hybridized carbons (Fsp3) is 0.879. The molecular formula is C33H66Cl3N2O7S-. The Balaban J connectivity index is -0.000000171. The largest absolute Gasteiger partial charge is 1.00 e. The zero-order valence-corrected chi connectivity index (χ0v) is 31.1. The van der Waals surface area contributed by atoms with Gasteiger partial charge in [0.05, 0.1) is 6.04 Å². The average Bonchev–Trinajstić information content (AvgIpc) is 3.38. The number of carboxylic acids is 1. The first kappa shape index (κ1) is 54.5. The van der Waals surface area contributed by atoms with Gasteiger partial charge < -0.3 is 22.3 Å². The number of likely N-dealkylation sites (N-methyl/N-ethyl adjacent to an activating group) is 1. The summed E-state index contributed by atoms with van der Waals surface area (Å²) < 4.78 is 14.3. The van der Waals surface area contributed by atoms with Crippen LogP contribution in [0.25, 0.3) is 0 Å². The van der Waals surface area contributed by atoms with Gasteiger partial charge in [0.15, 0.2) is 0 Å². The average molecular weight is 741 g/mol. The molecule has 46 heavy (non-hydrogen) atoms. The molecule has 1 saturated carbocycles. The Bertz CT molecular complexity index is 981. The van der Waals surface area contributed by atoms with E-state index in [0.29, 0.717) is 41.3 Å². The van der Waals surface area contributed by atoms with Gasteiger partial charge in [-0.1, -0.05) is 63.8 Å². The third kappa shape index (κ3) is 21.8. The molecular weight excluding hydrogens is 675 g/mol. The molecule has 2 saturated heterocycles. The number of hydrogen-bond donors (Lipinski definition) is 1. The topological polar surface area (TPSA) is 121 Å². The second-order valence-electron chi connectivity index (χ2n) is 15.1. The summed E-state index contributed by atoms with van der Waals surface area (Å²) in [4.78, 5) is 48.5. The summed E-state index contributed by atoms with van der Waals surface area (Å²) in [7, 11) is 9.39. The highest BCUT2D eigenvalue weighted by Crippen LogP contribution is 2.41. The summed E-state index contributed by atoms with van der Waals surface area (Å²) in [5.41, 5.74) is -0.0335. The molecule has 9 nitrogen and oxygen atoms in total. The van der Waals surface area contributed by atoms with Gasteiger partial charge in [-0.05, 0) is 90.0 Å². The number of hydrogen-bond acceptors (Lipinski definition) is 7. The molecule has 3 atom stereocenters. The smallest absolute Gasteiger partial charge is 0.411 e. The van der Waals surface area contributed by atoms with E-state index in [9.17, 15) is 19.2 Å². The Morgan fingerprint density at radius 3 is 1.46 bits per heavy atom. The van der Waals surface area contributed by atoms with E-state index in [4.69, 9.17) is 14.1 Å². The Morgan fingerprint density at radius 2 is 1.22 bits per heavy atom. The fourth-order valence-electron chi connectivity index (χ4n) is 5.77. The first-order valence-corrected chi connectivity index (χ1v) is 17.2. The van der Waals surface area contributed by atoms with Crippen molar-refractivity contribution in [2.24, 2.45) is 22.2 Å². The van der Waals surface area contributed by atoms with Crippen molar-refractivity contribution >= 4 is 54.2 Å². The number of carbonyl (C=O) groups excluding carboxylic acids is 3. The molecule has 0 aromatic rings. The Hall–Kier alpha value is -0.940. The summed E-state index contributed by atoms with van der Waals surface area (Å²) >= 11 is 0. The van der Waals surface area contributed by atoms with E-state index in [-0.39, 0.29) is 46.1 Å². The van der Waals surface area contributed by atoms with Gasteiger partial charge in [0.25, 0.3) is 0 Å². The van der Waals surface area contributed by atoms with Crippen LogP contribution in [0.3, 0.4) is 0 Å². The van der Waals surface area contributed by atoms with E-state index < -0.39 is 32.9 Å². The van der Waals surface area contributed by atoms with Crippen molar-refractivity contribution in [3.8, 4) is 0 Å². The van der Waals surface area contributed by atoms with Crippen molar-refractivity contribution in [2.45, 2.75) is 148 Å². The maximum atomic E-state index is 11.9. The lowest BCUT2D eigenvalue weighted by Crippen LogP contribution is -3.00. The molecule has 3 aliphatic rings. The minimum absolute atomic E-state index is 0. The van der Waals surface area contributed by atoms with Gasteiger partial charge in [0.2, 0.25) is 9.23 Å². The number of ether oxygens (including phenoxy) is 1. The van der Waals surface area contributed by atoms with Gasteiger partial charge in [0, 0.05) is 40.4 Å². The number of carboxylic acid groups (broad SMARTS) is 1. The third-order valence-corrected chi connectivity index (χ3v) is 7.60. The number of aliphatic carboxylic acids is 1. The number of rotatable bonds is 3. The molecule has 0 bridgehead atoms. The first-order chi connectivity index (χ1) is 18.7. The predicted octanol–water partition coefficient (Wildman–Crippen LogP) is 5.77. The Morgan fingerprint density at radius 1 is 0.804 bits per heavy atom. The van der Waals surface area contributed by atoms with Crippen molar-refractivity contribution in [1.82, 2.24) is 9.80 Å². The molecule has 0 aromatic carbocycles. The maximum Gasteiger partial charge on any atom is 0.411 e. The highest BCUT2D eigenvalue weighted by atomic mass is 36.0. The van der Waals surface area contributed by atoms with Gasteiger partial charge in [0.1, 0.15) is 23.2 Å². The predicted molar refractivity (Wildman–Crippen MR) is 190 cm³/mol. The van der Waals surface area contributed by atoms with Crippen LogP contribution in [0, 0.1) is 22.2 Å². The normalized spacial score (nSPS) is 23.5. The summed E-state index contributed by atoms with van der Waals surface area (Å²) in [6.45, 7) is 23.0. The van der Waals surface area contributed by atoms with Crippen LogP contribution in [-0.2, 0) is 28.3 Å². The van der Waals surface area contributed by atoms with Crippen molar-refractivity contribution in [3.05, 3.63) is 0 Å². The zero-order valence-electron chi connectivity index (χ0n) is 28.0. The molecule has 2 heterocycles. The molecule has 278 valence electrons. The van der Waals surface area contributed by atoms with E-state index in [2.05, 4.69) is 54.0 Å². The minimum atomic E-state index is -1.67. The van der Waals surface area contributed by atoms with Crippen LogP contribution in [0.1, 0.15) is 131 Å². The van der Waals surface area contributed by atoms with Gasteiger partial charge in [-0.2, -0.15) is 0 Å². The number of amides is 1. The number of carbonyl (C=O) groups is 4. The molecule has 0 spiro atoms. The molecule has 1 amide bonds. The lowest BCUT2D eigenvalue weighted by molar-refractivity contribution is -0.142. The highest BCUT2D eigenvalue weighted by molar-refractivity contribution is 8.26. The lowest BCUT2D eigenvalue weighted by atomic mass is 9.90. The summed E-state index contributed by atoms with van der Waals surface area (Å²) in [6, 6.07) is -0.607. The van der Waals surface area contributed by atoms with E-state index in [1.54, 1.807) is 34.6 Å². The quantitative estimate of drug-likeness (QED) is 0.363. The standard InChI is InChI=1S/C12H21NO4.C9H17NO.C9H16O.3CH4.Cl2OS.ClH/c1-11(2,3)17-10(16)13-7-12(4,5)6-8(13)9(14)15;1-7(11)8-5-9(2,3)6-10(8)4;1-7(10)8-4-5-9(2,3)6-8;;;;1-4(2)3;/h8H,6-7H2,1-5H3,(H,14,15);8H,5-6H2,1-4H3;8H,4-6H2,1-3H3;3*1H4;;1H/p-1/t3*8-;;;;;/m000...../s1. The monoisotopic (exact) mass is 739 g/mol. The molecule has 1 aliphatic carbocycles. The molecule has 13 heteroatoms. The van der Waals surface area contributed by atoms with Crippen LogP contribution in [0.4, 0.5) is 4.79 Å². The van der Waals surface area contributed by atoms with E-state index in [1.807, 2.05) is 20.9 Å². The molecule has 2 aliphatic heterocycles. The maximum absolute atomic E-state index is 11.9. The first-order valence-electron chi connectivity index (χ1n) is 14.4. The third-order valence-electron chi connectivity index (χ3n) is 7.60. The van der Waals surface area contributed by atoms with Crippen LogP contribution in [0.5, 0.6) is 0 Å².